The van der Waals surface area contributed by atoms with Crippen LogP contribution in [0.25, 0.3) is 0 Å². The molecule has 112 valence electrons. The summed E-state index contributed by atoms with van der Waals surface area (Å²) in [5.74, 6) is 0.0646. The molecule has 0 bridgehead atoms. The zero-order valence-electron chi connectivity index (χ0n) is 11.7. The molecule has 3 rings (SSSR count). The van der Waals surface area contributed by atoms with E-state index in [4.69, 9.17) is 5.73 Å². The van der Waals surface area contributed by atoms with E-state index < -0.39 is 0 Å². The van der Waals surface area contributed by atoms with Crippen molar-refractivity contribution in [2.45, 2.75) is 56.9 Å². The van der Waals surface area contributed by atoms with Crippen molar-refractivity contribution in [3.63, 3.8) is 0 Å². The van der Waals surface area contributed by atoms with Crippen LogP contribution in [0.1, 0.15) is 58.6 Å². The van der Waals surface area contributed by atoms with Gasteiger partial charge in [0.15, 0.2) is 0 Å². The number of aryl methyl sites for hydroxylation is 2. The second kappa shape index (κ2) is 6.46. The average Bonchev–Trinajstić information content (AvgIpc) is 2.65. The number of carbonyl (C=O) groups excluding carboxylic acids is 1. The molecule has 0 aliphatic heterocycles. The third kappa shape index (κ3) is 3.35. The maximum Gasteiger partial charge on any atom is 0.261 e. The Kier molecular flexibility index (Phi) is 5.10. The first-order valence-electron chi connectivity index (χ1n) is 7.35. The lowest BCUT2D eigenvalue weighted by atomic mass is 9.78. The molecule has 1 heterocycles. The first-order valence-corrected chi connectivity index (χ1v) is 8.17. The van der Waals surface area contributed by atoms with E-state index in [-0.39, 0.29) is 23.9 Å². The Morgan fingerprint density at radius 1 is 1.25 bits per heavy atom. The van der Waals surface area contributed by atoms with Crippen molar-refractivity contribution in [3.8, 4) is 0 Å². The fraction of sp³-hybridized carbons (Fsp3) is 0.667. The van der Waals surface area contributed by atoms with E-state index in [0.29, 0.717) is 6.54 Å². The van der Waals surface area contributed by atoms with Crippen LogP contribution in [0.2, 0.25) is 0 Å². The van der Waals surface area contributed by atoms with Gasteiger partial charge in [-0.25, -0.2) is 0 Å². The number of hydrogen-bond donors (Lipinski definition) is 2. The van der Waals surface area contributed by atoms with E-state index in [1.165, 1.54) is 36.1 Å². The number of rotatable bonds is 3. The van der Waals surface area contributed by atoms with Gasteiger partial charge >= 0.3 is 0 Å². The Morgan fingerprint density at radius 3 is 2.70 bits per heavy atom. The van der Waals surface area contributed by atoms with Crippen LogP contribution in [0, 0.1) is 0 Å². The lowest BCUT2D eigenvalue weighted by Crippen LogP contribution is -2.54. The van der Waals surface area contributed by atoms with Gasteiger partial charge in [0.2, 0.25) is 0 Å². The van der Waals surface area contributed by atoms with Crippen molar-refractivity contribution in [1.29, 1.82) is 0 Å². The molecular weight excluding hydrogens is 292 g/mol. The Labute approximate surface area is 130 Å². The van der Waals surface area contributed by atoms with Crippen LogP contribution in [-0.2, 0) is 12.8 Å². The Hall–Kier alpha value is -0.580. The number of carbonyl (C=O) groups is 1. The summed E-state index contributed by atoms with van der Waals surface area (Å²) < 4.78 is 0. The molecule has 1 fully saturated rings. The molecule has 0 atom stereocenters. The summed E-state index contributed by atoms with van der Waals surface area (Å²) >= 11 is 1.68. The number of hydrogen-bond acceptors (Lipinski definition) is 3. The second-order valence-corrected chi connectivity index (χ2v) is 7.16. The Morgan fingerprint density at radius 2 is 2.00 bits per heavy atom. The molecule has 3 nitrogen and oxygen atoms in total. The van der Waals surface area contributed by atoms with Crippen LogP contribution in [0.15, 0.2) is 6.07 Å². The predicted octanol–water partition coefficient (Wildman–Crippen LogP) is 3.05. The summed E-state index contributed by atoms with van der Waals surface area (Å²) in [4.78, 5) is 14.5. The van der Waals surface area contributed by atoms with Crippen LogP contribution >= 0.6 is 23.7 Å². The molecule has 0 radical (unpaired) electrons. The first kappa shape index (κ1) is 15.8. The van der Waals surface area contributed by atoms with E-state index in [1.54, 1.807) is 11.3 Å². The van der Waals surface area contributed by atoms with Gasteiger partial charge in [-0.3, -0.25) is 4.79 Å². The molecule has 1 aromatic heterocycles. The minimum Gasteiger partial charge on any atom is -0.349 e. The monoisotopic (exact) mass is 314 g/mol. The second-order valence-electron chi connectivity index (χ2n) is 6.02. The number of nitrogens with one attached hydrogen (secondary N) is 1. The third-order valence-corrected chi connectivity index (χ3v) is 5.66. The molecule has 0 unspecified atom stereocenters. The highest BCUT2D eigenvalue weighted by Crippen LogP contribution is 2.30. The van der Waals surface area contributed by atoms with E-state index in [1.807, 2.05) is 0 Å². The number of halogens is 1. The summed E-state index contributed by atoms with van der Waals surface area (Å²) in [7, 11) is 0. The molecule has 20 heavy (non-hydrogen) atoms. The number of thiophene rings is 1. The normalized spacial score (nSPS) is 20.1. The molecule has 3 N–H and O–H groups in total. The van der Waals surface area contributed by atoms with Gasteiger partial charge in [-0.05, 0) is 56.6 Å². The van der Waals surface area contributed by atoms with E-state index in [2.05, 4.69) is 11.4 Å². The smallest absolute Gasteiger partial charge is 0.261 e. The summed E-state index contributed by atoms with van der Waals surface area (Å²) in [6, 6.07) is 2.10. The van der Waals surface area contributed by atoms with E-state index >= 15 is 0 Å². The highest BCUT2D eigenvalue weighted by Gasteiger charge is 2.32. The van der Waals surface area contributed by atoms with Crippen LogP contribution < -0.4 is 11.1 Å². The zero-order valence-corrected chi connectivity index (χ0v) is 13.4. The molecule has 2 aliphatic carbocycles. The fourth-order valence-electron chi connectivity index (χ4n) is 2.93. The largest absolute Gasteiger partial charge is 0.349 e. The van der Waals surface area contributed by atoms with Crippen molar-refractivity contribution in [1.82, 2.24) is 5.32 Å². The quantitative estimate of drug-likeness (QED) is 0.843. The third-order valence-electron chi connectivity index (χ3n) is 4.42. The molecule has 1 saturated carbocycles. The molecule has 0 saturated heterocycles. The van der Waals surface area contributed by atoms with Crippen LogP contribution in [-0.4, -0.2) is 18.0 Å². The minimum absolute atomic E-state index is 0. The first-order chi connectivity index (χ1) is 9.16. The van der Waals surface area contributed by atoms with Gasteiger partial charge < -0.3 is 11.1 Å². The van der Waals surface area contributed by atoms with Crippen molar-refractivity contribution in [2.24, 2.45) is 5.73 Å². The van der Waals surface area contributed by atoms with Gasteiger partial charge in [-0.2, -0.15) is 0 Å². The molecule has 0 spiro atoms. The molecule has 5 heteroatoms. The van der Waals surface area contributed by atoms with E-state index in [0.717, 1.165) is 30.6 Å². The highest BCUT2D eigenvalue weighted by molar-refractivity contribution is 7.14. The van der Waals surface area contributed by atoms with Gasteiger partial charge in [0.1, 0.15) is 0 Å². The molecule has 1 amide bonds. The maximum absolute atomic E-state index is 12.2. The van der Waals surface area contributed by atoms with Gasteiger partial charge in [0.25, 0.3) is 5.91 Å². The molecule has 0 aromatic carbocycles. The Balaban J connectivity index is 0.00000147. The molecule has 1 aromatic rings. The molecular formula is C15H23ClN2OS. The minimum atomic E-state index is -0.135. The van der Waals surface area contributed by atoms with Crippen molar-refractivity contribution in [2.75, 3.05) is 6.54 Å². The van der Waals surface area contributed by atoms with Crippen LogP contribution in [0.5, 0.6) is 0 Å². The summed E-state index contributed by atoms with van der Waals surface area (Å²) in [6.07, 6.45) is 9.39. The summed E-state index contributed by atoms with van der Waals surface area (Å²) in [5.41, 5.74) is 7.40. The van der Waals surface area contributed by atoms with Crippen molar-refractivity contribution >= 4 is 29.7 Å². The standard InChI is InChI=1S/C15H22N2OS.ClH/c16-15(7-4-8-15)10-17-14(18)13-9-11-5-2-1-3-6-12(11)19-13;/h9H,1-8,10,16H2,(H,17,18);1H. The van der Waals surface area contributed by atoms with Crippen LogP contribution in [0.3, 0.4) is 0 Å². The highest BCUT2D eigenvalue weighted by atomic mass is 35.5. The zero-order chi connectivity index (χ0) is 13.3. The van der Waals surface area contributed by atoms with Gasteiger partial charge in [-0.15, -0.1) is 23.7 Å². The van der Waals surface area contributed by atoms with Crippen molar-refractivity contribution in [3.05, 3.63) is 21.4 Å². The average molecular weight is 315 g/mol. The summed E-state index contributed by atoms with van der Waals surface area (Å²) in [6.45, 7) is 0.619. The molecule has 2 aliphatic rings. The predicted molar refractivity (Wildman–Crippen MR) is 85.9 cm³/mol. The fourth-order valence-corrected chi connectivity index (χ4v) is 4.10. The van der Waals surface area contributed by atoms with Crippen LogP contribution in [0.4, 0.5) is 0 Å². The number of fused-ring (bicyclic) bond motifs is 1. The SMILES string of the molecule is Cl.NC1(CNC(=O)c2cc3c(s2)CCCCC3)CCC1. The number of nitrogens with two attached hydrogens (primary N) is 1. The van der Waals surface area contributed by atoms with Gasteiger partial charge in [-0.1, -0.05) is 6.42 Å². The lowest BCUT2D eigenvalue weighted by Gasteiger charge is -2.38. The van der Waals surface area contributed by atoms with Gasteiger partial charge in [0.05, 0.1) is 4.88 Å². The summed E-state index contributed by atoms with van der Waals surface area (Å²) in [5, 5.41) is 3.01. The maximum atomic E-state index is 12.2. The lowest BCUT2D eigenvalue weighted by molar-refractivity contribution is 0.0934. The topological polar surface area (TPSA) is 55.1 Å². The van der Waals surface area contributed by atoms with E-state index in [9.17, 15) is 4.79 Å². The number of amides is 1. The Bertz CT molecular complexity index is 459. The van der Waals surface area contributed by atoms with Gasteiger partial charge in [0, 0.05) is 17.0 Å². The van der Waals surface area contributed by atoms with Crippen molar-refractivity contribution < 1.29 is 4.79 Å².